The van der Waals surface area contributed by atoms with E-state index in [4.69, 9.17) is 0 Å². The summed E-state index contributed by atoms with van der Waals surface area (Å²) in [5.41, 5.74) is 7.83. The van der Waals surface area contributed by atoms with Crippen molar-refractivity contribution in [3.63, 3.8) is 0 Å². The minimum absolute atomic E-state index is 0.0286. The van der Waals surface area contributed by atoms with Gasteiger partial charge in [-0.1, -0.05) is 6.07 Å². The molecule has 0 aliphatic rings. The predicted molar refractivity (Wildman–Crippen MR) is 97.4 cm³/mol. The predicted octanol–water partition coefficient (Wildman–Crippen LogP) is 1.79. The van der Waals surface area contributed by atoms with E-state index in [9.17, 15) is 9.59 Å². The van der Waals surface area contributed by atoms with E-state index in [1.165, 1.54) is 11.3 Å². The summed E-state index contributed by atoms with van der Waals surface area (Å²) in [5.74, 6) is -0.777. The first kappa shape index (κ1) is 17.7. The normalized spacial score (nSPS) is 10.6. The van der Waals surface area contributed by atoms with Crippen LogP contribution in [0, 0.1) is 20.8 Å². The Labute approximate surface area is 154 Å². The van der Waals surface area contributed by atoms with Crippen LogP contribution in [0.15, 0.2) is 30.5 Å². The smallest absolute Gasteiger partial charge is 0.271 e. The van der Waals surface area contributed by atoms with Crippen molar-refractivity contribution in [2.24, 2.45) is 0 Å². The number of hydrazine groups is 1. The molecule has 0 aromatic carbocycles. The first-order valence-electron chi connectivity index (χ1n) is 7.93. The summed E-state index contributed by atoms with van der Waals surface area (Å²) < 4.78 is 1.58. The zero-order valence-electron chi connectivity index (χ0n) is 14.6. The van der Waals surface area contributed by atoms with Crippen molar-refractivity contribution < 1.29 is 9.59 Å². The summed E-state index contributed by atoms with van der Waals surface area (Å²) in [6.45, 7) is 5.50. The standard InChI is InChI=1S/C17H18N6O2S/c1-10-8-11(2)23(22-10)9-14(24)20-21-16(25)15-12(3)19-17(26-15)13-6-4-5-7-18-13/h4-8H,9H2,1-3H3,(H,20,24)(H,21,25). The second-order valence-electron chi connectivity index (χ2n) is 5.74. The summed E-state index contributed by atoms with van der Waals surface area (Å²) in [6.07, 6.45) is 1.67. The molecule has 0 atom stereocenters. The van der Waals surface area contributed by atoms with Gasteiger partial charge in [0.25, 0.3) is 11.8 Å². The van der Waals surface area contributed by atoms with Crippen LogP contribution < -0.4 is 10.9 Å². The average molecular weight is 370 g/mol. The Balaban J connectivity index is 1.62. The zero-order chi connectivity index (χ0) is 18.7. The molecule has 0 aliphatic heterocycles. The van der Waals surface area contributed by atoms with Crippen LogP contribution in [0.4, 0.5) is 0 Å². The fraction of sp³-hybridized carbons (Fsp3) is 0.235. The van der Waals surface area contributed by atoms with Crippen LogP contribution >= 0.6 is 11.3 Å². The summed E-state index contributed by atoms with van der Waals surface area (Å²) in [4.78, 5) is 33.4. The maximum absolute atomic E-state index is 12.3. The Morgan fingerprint density at radius 2 is 2.00 bits per heavy atom. The Morgan fingerprint density at radius 1 is 1.19 bits per heavy atom. The molecule has 0 bridgehead atoms. The maximum Gasteiger partial charge on any atom is 0.281 e. The Morgan fingerprint density at radius 3 is 2.65 bits per heavy atom. The minimum Gasteiger partial charge on any atom is -0.271 e. The lowest BCUT2D eigenvalue weighted by atomic mass is 10.3. The van der Waals surface area contributed by atoms with Gasteiger partial charge in [-0.3, -0.25) is 30.1 Å². The van der Waals surface area contributed by atoms with E-state index in [-0.39, 0.29) is 12.5 Å². The monoisotopic (exact) mass is 370 g/mol. The Kier molecular flexibility index (Phi) is 5.08. The lowest BCUT2D eigenvalue weighted by Crippen LogP contribution is -2.43. The number of amides is 2. The molecule has 0 radical (unpaired) electrons. The molecule has 3 aromatic rings. The Bertz CT molecular complexity index is 948. The molecular weight excluding hydrogens is 352 g/mol. The Hall–Kier alpha value is -3.07. The van der Waals surface area contributed by atoms with Gasteiger partial charge in [-0.05, 0) is 39.0 Å². The van der Waals surface area contributed by atoms with E-state index in [1.54, 1.807) is 17.8 Å². The molecule has 0 spiro atoms. The summed E-state index contributed by atoms with van der Waals surface area (Å²) in [7, 11) is 0. The molecule has 0 saturated heterocycles. The topological polar surface area (TPSA) is 102 Å². The van der Waals surface area contributed by atoms with E-state index < -0.39 is 5.91 Å². The second-order valence-corrected chi connectivity index (χ2v) is 6.73. The van der Waals surface area contributed by atoms with Gasteiger partial charge in [-0.2, -0.15) is 5.10 Å². The van der Waals surface area contributed by atoms with Crippen LogP contribution in [0.3, 0.4) is 0 Å². The van der Waals surface area contributed by atoms with Gasteiger partial charge < -0.3 is 0 Å². The van der Waals surface area contributed by atoms with Crippen LogP contribution in [0.25, 0.3) is 10.7 Å². The third-order valence-corrected chi connectivity index (χ3v) is 4.78. The number of nitrogens with zero attached hydrogens (tertiary/aromatic N) is 4. The number of carbonyl (C=O) groups is 2. The number of aryl methyl sites for hydroxylation is 3. The molecule has 3 rings (SSSR count). The zero-order valence-corrected chi connectivity index (χ0v) is 15.4. The lowest BCUT2D eigenvalue weighted by molar-refractivity contribution is -0.122. The highest BCUT2D eigenvalue weighted by Crippen LogP contribution is 2.26. The molecular formula is C17H18N6O2S. The van der Waals surface area contributed by atoms with Gasteiger partial charge in [0.1, 0.15) is 16.4 Å². The van der Waals surface area contributed by atoms with Crippen molar-refractivity contribution in [2.75, 3.05) is 0 Å². The number of rotatable bonds is 4. The highest BCUT2D eigenvalue weighted by molar-refractivity contribution is 7.17. The fourth-order valence-electron chi connectivity index (χ4n) is 2.40. The van der Waals surface area contributed by atoms with E-state index in [1.807, 2.05) is 38.1 Å². The molecule has 2 N–H and O–H groups in total. The van der Waals surface area contributed by atoms with Crippen molar-refractivity contribution in [3.8, 4) is 10.7 Å². The molecule has 0 saturated carbocycles. The lowest BCUT2D eigenvalue weighted by Gasteiger charge is -2.07. The van der Waals surface area contributed by atoms with Gasteiger partial charge in [0, 0.05) is 11.9 Å². The molecule has 26 heavy (non-hydrogen) atoms. The molecule has 3 aromatic heterocycles. The van der Waals surface area contributed by atoms with Gasteiger partial charge in [-0.15, -0.1) is 11.3 Å². The molecule has 8 nitrogen and oxygen atoms in total. The summed E-state index contributed by atoms with van der Waals surface area (Å²) >= 11 is 1.23. The largest absolute Gasteiger partial charge is 0.281 e. The summed E-state index contributed by atoms with van der Waals surface area (Å²) in [6, 6.07) is 7.38. The SMILES string of the molecule is Cc1cc(C)n(CC(=O)NNC(=O)c2sc(-c3ccccn3)nc2C)n1. The number of pyridine rings is 1. The molecule has 0 unspecified atom stereocenters. The maximum atomic E-state index is 12.3. The minimum atomic E-state index is -0.413. The van der Waals surface area contributed by atoms with E-state index in [0.29, 0.717) is 21.3 Å². The van der Waals surface area contributed by atoms with Crippen molar-refractivity contribution in [3.05, 3.63) is 52.4 Å². The number of thiazole rings is 1. The average Bonchev–Trinajstić information content (AvgIpc) is 3.15. The molecule has 134 valence electrons. The van der Waals surface area contributed by atoms with Crippen LogP contribution in [-0.2, 0) is 11.3 Å². The van der Waals surface area contributed by atoms with Crippen LogP contribution in [0.5, 0.6) is 0 Å². The van der Waals surface area contributed by atoms with Gasteiger partial charge >= 0.3 is 0 Å². The van der Waals surface area contributed by atoms with Crippen LogP contribution in [0.2, 0.25) is 0 Å². The van der Waals surface area contributed by atoms with Crippen LogP contribution in [-0.4, -0.2) is 31.6 Å². The number of hydrogen-bond donors (Lipinski definition) is 2. The molecule has 3 heterocycles. The van der Waals surface area contributed by atoms with Crippen molar-refractivity contribution in [2.45, 2.75) is 27.3 Å². The third-order valence-electron chi connectivity index (χ3n) is 3.60. The van der Waals surface area contributed by atoms with Crippen molar-refractivity contribution in [1.29, 1.82) is 0 Å². The highest BCUT2D eigenvalue weighted by Gasteiger charge is 2.17. The van der Waals surface area contributed by atoms with E-state index in [0.717, 1.165) is 11.4 Å². The van der Waals surface area contributed by atoms with Gasteiger partial charge in [0.15, 0.2) is 0 Å². The molecule has 0 fully saturated rings. The highest BCUT2D eigenvalue weighted by atomic mass is 32.1. The quantitative estimate of drug-likeness (QED) is 0.682. The summed E-state index contributed by atoms with van der Waals surface area (Å²) in [5, 5.41) is 4.87. The van der Waals surface area contributed by atoms with E-state index in [2.05, 4.69) is 25.9 Å². The van der Waals surface area contributed by atoms with E-state index >= 15 is 0 Å². The first-order chi connectivity index (χ1) is 12.4. The number of aromatic nitrogens is 4. The number of nitrogens with one attached hydrogen (secondary N) is 2. The molecule has 9 heteroatoms. The molecule has 0 aliphatic carbocycles. The van der Waals surface area contributed by atoms with Gasteiger partial charge in [0.2, 0.25) is 0 Å². The fourth-order valence-corrected chi connectivity index (χ4v) is 3.34. The van der Waals surface area contributed by atoms with Crippen molar-refractivity contribution >= 4 is 23.2 Å². The molecule has 2 amide bonds. The number of hydrogen-bond acceptors (Lipinski definition) is 6. The van der Waals surface area contributed by atoms with Gasteiger partial charge in [-0.25, -0.2) is 4.98 Å². The number of carbonyl (C=O) groups excluding carboxylic acids is 2. The van der Waals surface area contributed by atoms with Crippen molar-refractivity contribution in [1.82, 2.24) is 30.6 Å². The second kappa shape index (κ2) is 7.44. The third kappa shape index (κ3) is 3.94. The van der Waals surface area contributed by atoms with Crippen LogP contribution in [0.1, 0.15) is 26.8 Å². The first-order valence-corrected chi connectivity index (χ1v) is 8.75. The van der Waals surface area contributed by atoms with Gasteiger partial charge in [0.05, 0.1) is 17.1 Å².